The molecule has 0 aliphatic carbocycles. The fourth-order valence-corrected chi connectivity index (χ4v) is 2.27. The molecule has 0 radical (unpaired) electrons. The summed E-state index contributed by atoms with van der Waals surface area (Å²) in [5.41, 5.74) is 0. The van der Waals surface area contributed by atoms with Crippen molar-refractivity contribution in [1.82, 2.24) is 0 Å². The van der Waals surface area contributed by atoms with Gasteiger partial charge in [0.15, 0.2) is 5.78 Å². The maximum absolute atomic E-state index is 11.5. The van der Waals surface area contributed by atoms with Crippen LogP contribution in [0.3, 0.4) is 0 Å². The standard InChI is InChI=1S/C20H34O3/c1-3-5-13-16-19(21)17-14-11-9-7-6-8-10-12-15-18-20(22)23-4-2/h9,11,14,17H,3-8,10,12-13,15-16,18H2,1-2H3. The first kappa shape index (κ1) is 21.6. The Bertz CT molecular complexity index is 356. The minimum atomic E-state index is -0.0774. The summed E-state index contributed by atoms with van der Waals surface area (Å²) in [5, 5.41) is 0. The van der Waals surface area contributed by atoms with Crippen molar-refractivity contribution in [3.8, 4) is 0 Å². The van der Waals surface area contributed by atoms with Crippen LogP contribution in [0.1, 0.15) is 84.5 Å². The van der Waals surface area contributed by atoms with E-state index in [1.807, 2.05) is 19.1 Å². The van der Waals surface area contributed by atoms with Crippen molar-refractivity contribution in [2.45, 2.75) is 84.5 Å². The Morgan fingerprint density at radius 3 is 2.26 bits per heavy atom. The first-order valence-corrected chi connectivity index (χ1v) is 9.22. The van der Waals surface area contributed by atoms with Gasteiger partial charge in [0.1, 0.15) is 0 Å². The molecular formula is C20H34O3. The monoisotopic (exact) mass is 322 g/mol. The van der Waals surface area contributed by atoms with E-state index in [1.165, 1.54) is 12.8 Å². The number of rotatable bonds is 15. The van der Waals surface area contributed by atoms with E-state index in [2.05, 4.69) is 13.0 Å². The first-order chi connectivity index (χ1) is 11.2. The molecule has 0 saturated heterocycles. The van der Waals surface area contributed by atoms with Crippen molar-refractivity contribution in [2.75, 3.05) is 6.61 Å². The fraction of sp³-hybridized carbons (Fsp3) is 0.700. The summed E-state index contributed by atoms with van der Waals surface area (Å²) in [6.45, 7) is 4.45. The Morgan fingerprint density at radius 1 is 0.826 bits per heavy atom. The van der Waals surface area contributed by atoms with Gasteiger partial charge >= 0.3 is 5.97 Å². The molecule has 0 aliphatic rings. The van der Waals surface area contributed by atoms with Crippen LogP contribution >= 0.6 is 0 Å². The Kier molecular flexibility index (Phi) is 16.0. The van der Waals surface area contributed by atoms with E-state index in [0.717, 1.165) is 44.9 Å². The third kappa shape index (κ3) is 16.8. The van der Waals surface area contributed by atoms with Crippen molar-refractivity contribution < 1.29 is 14.3 Å². The summed E-state index contributed by atoms with van der Waals surface area (Å²) in [6.07, 6.45) is 18.7. The maximum Gasteiger partial charge on any atom is 0.305 e. The number of ether oxygens (including phenoxy) is 1. The average molecular weight is 322 g/mol. The van der Waals surface area contributed by atoms with Crippen molar-refractivity contribution in [3.63, 3.8) is 0 Å². The zero-order valence-corrected chi connectivity index (χ0v) is 15.0. The Morgan fingerprint density at radius 2 is 1.52 bits per heavy atom. The normalized spacial score (nSPS) is 11.4. The number of allylic oxidation sites excluding steroid dienone is 4. The lowest BCUT2D eigenvalue weighted by molar-refractivity contribution is -0.143. The number of hydrogen-bond acceptors (Lipinski definition) is 3. The highest BCUT2D eigenvalue weighted by Crippen LogP contribution is 2.08. The zero-order valence-electron chi connectivity index (χ0n) is 15.0. The molecule has 0 bridgehead atoms. The lowest BCUT2D eigenvalue weighted by Crippen LogP contribution is -2.03. The smallest absolute Gasteiger partial charge is 0.305 e. The second-order valence-corrected chi connectivity index (χ2v) is 5.82. The lowest BCUT2D eigenvalue weighted by atomic mass is 10.1. The molecule has 0 saturated carbocycles. The molecule has 0 aromatic rings. The molecule has 3 heteroatoms. The maximum atomic E-state index is 11.5. The molecule has 3 nitrogen and oxygen atoms in total. The highest BCUT2D eigenvalue weighted by molar-refractivity contribution is 5.89. The van der Waals surface area contributed by atoms with E-state index in [9.17, 15) is 9.59 Å². The van der Waals surface area contributed by atoms with E-state index in [4.69, 9.17) is 4.74 Å². The van der Waals surface area contributed by atoms with Crippen molar-refractivity contribution >= 4 is 11.8 Å². The number of carbonyl (C=O) groups excluding carboxylic acids is 2. The van der Waals surface area contributed by atoms with Crippen LogP contribution in [-0.2, 0) is 14.3 Å². The van der Waals surface area contributed by atoms with Crippen LogP contribution in [0.2, 0.25) is 0 Å². The quantitative estimate of drug-likeness (QED) is 0.172. The van der Waals surface area contributed by atoms with E-state index < -0.39 is 0 Å². The molecular weight excluding hydrogens is 288 g/mol. The van der Waals surface area contributed by atoms with Gasteiger partial charge < -0.3 is 4.74 Å². The first-order valence-electron chi connectivity index (χ1n) is 9.22. The van der Waals surface area contributed by atoms with Crippen LogP contribution in [0.5, 0.6) is 0 Å². The molecule has 0 amide bonds. The lowest BCUT2D eigenvalue weighted by Gasteiger charge is -2.01. The molecule has 0 aromatic carbocycles. The van der Waals surface area contributed by atoms with Crippen molar-refractivity contribution in [2.24, 2.45) is 0 Å². The van der Waals surface area contributed by atoms with Crippen LogP contribution in [0, 0.1) is 0 Å². The molecule has 0 heterocycles. The van der Waals surface area contributed by atoms with E-state index in [1.54, 1.807) is 6.08 Å². The molecule has 0 atom stereocenters. The van der Waals surface area contributed by atoms with Gasteiger partial charge in [-0.1, -0.05) is 57.3 Å². The number of esters is 1. The number of hydrogen-bond donors (Lipinski definition) is 0. The highest BCUT2D eigenvalue weighted by Gasteiger charge is 2.00. The summed E-state index contributed by atoms with van der Waals surface area (Å²) < 4.78 is 4.89. The van der Waals surface area contributed by atoms with Gasteiger partial charge in [0.2, 0.25) is 0 Å². The van der Waals surface area contributed by atoms with Gasteiger partial charge in [0.25, 0.3) is 0 Å². The van der Waals surface area contributed by atoms with Gasteiger partial charge in [-0.15, -0.1) is 0 Å². The Balaban J connectivity index is 3.40. The summed E-state index contributed by atoms with van der Waals surface area (Å²) in [4.78, 5) is 22.6. The molecule has 0 N–H and O–H groups in total. The van der Waals surface area contributed by atoms with E-state index in [-0.39, 0.29) is 11.8 Å². The highest BCUT2D eigenvalue weighted by atomic mass is 16.5. The van der Waals surface area contributed by atoms with Crippen LogP contribution in [-0.4, -0.2) is 18.4 Å². The second-order valence-electron chi connectivity index (χ2n) is 5.82. The van der Waals surface area contributed by atoms with E-state index >= 15 is 0 Å². The SMILES string of the molecule is CCCCCC(=O)C=CC=CCCCCCCCC(=O)OCC. The molecule has 0 rings (SSSR count). The molecule has 0 fully saturated rings. The molecule has 23 heavy (non-hydrogen) atoms. The predicted molar refractivity (Wildman–Crippen MR) is 96.4 cm³/mol. The average Bonchev–Trinajstić information content (AvgIpc) is 2.53. The fourth-order valence-electron chi connectivity index (χ4n) is 2.27. The molecule has 132 valence electrons. The molecule has 0 unspecified atom stereocenters. The summed E-state index contributed by atoms with van der Waals surface area (Å²) in [5.74, 6) is 0.149. The minimum Gasteiger partial charge on any atom is -0.466 e. The third-order valence-electron chi connectivity index (χ3n) is 3.61. The second kappa shape index (κ2) is 17.0. The number of carbonyl (C=O) groups is 2. The van der Waals surface area contributed by atoms with E-state index in [0.29, 0.717) is 19.4 Å². The third-order valence-corrected chi connectivity index (χ3v) is 3.61. The van der Waals surface area contributed by atoms with Gasteiger partial charge in [0.05, 0.1) is 6.61 Å². The van der Waals surface area contributed by atoms with Crippen molar-refractivity contribution in [1.29, 1.82) is 0 Å². The van der Waals surface area contributed by atoms with Crippen molar-refractivity contribution in [3.05, 3.63) is 24.3 Å². The largest absolute Gasteiger partial charge is 0.466 e. The Labute approximate surface area is 142 Å². The van der Waals surface area contributed by atoms with Gasteiger partial charge in [-0.2, -0.15) is 0 Å². The minimum absolute atomic E-state index is 0.0774. The molecule has 0 spiro atoms. The van der Waals surface area contributed by atoms with Crippen LogP contribution < -0.4 is 0 Å². The van der Waals surface area contributed by atoms with Gasteiger partial charge in [0, 0.05) is 12.8 Å². The van der Waals surface area contributed by atoms with Crippen LogP contribution in [0.25, 0.3) is 0 Å². The predicted octanol–water partition coefficient (Wildman–Crippen LogP) is 5.54. The van der Waals surface area contributed by atoms with Gasteiger partial charge in [-0.3, -0.25) is 9.59 Å². The summed E-state index contributed by atoms with van der Waals surface area (Å²) in [7, 11) is 0. The van der Waals surface area contributed by atoms with Gasteiger partial charge in [-0.25, -0.2) is 0 Å². The summed E-state index contributed by atoms with van der Waals surface area (Å²) >= 11 is 0. The molecule has 0 aromatic heterocycles. The number of ketones is 1. The number of unbranched alkanes of at least 4 members (excludes halogenated alkanes) is 7. The summed E-state index contributed by atoms with van der Waals surface area (Å²) in [6, 6.07) is 0. The van der Waals surface area contributed by atoms with Crippen LogP contribution in [0.4, 0.5) is 0 Å². The van der Waals surface area contributed by atoms with Gasteiger partial charge in [-0.05, 0) is 38.7 Å². The Hall–Kier alpha value is -1.38. The topological polar surface area (TPSA) is 43.4 Å². The zero-order chi connectivity index (χ0) is 17.2. The van der Waals surface area contributed by atoms with Crippen LogP contribution in [0.15, 0.2) is 24.3 Å². The molecule has 0 aliphatic heterocycles.